The van der Waals surface area contributed by atoms with E-state index < -0.39 is 11.4 Å². The lowest BCUT2D eigenvalue weighted by Crippen LogP contribution is -2.49. The fourth-order valence-electron chi connectivity index (χ4n) is 2.11. The topological polar surface area (TPSA) is 87.7 Å². The normalized spacial score (nSPS) is 16.2. The smallest absolute Gasteiger partial charge is 0.314 e. The van der Waals surface area contributed by atoms with Gasteiger partial charge in [-0.05, 0) is 25.7 Å². The molecule has 0 radical (unpaired) electrons. The highest BCUT2D eigenvalue weighted by atomic mass is 16.5. The molecular formula is C14H26N2O4. The number of hydrogen-bond donors (Lipinski definition) is 3. The maximum atomic E-state index is 11.5. The molecule has 0 bridgehead atoms. The number of carbonyl (C=O) groups is 2. The average Bonchev–Trinajstić information content (AvgIpc) is 2.36. The number of carboxylic acid groups (broad SMARTS) is 1. The summed E-state index contributed by atoms with van der Waals surface area (Å²) in [5.41, 5.74) is -0.736. The molecule has 0 aliphatic heterocycles. The second-order valence-corrected chi connectivity index (χ2v) is 5.37. The molecule has 0 unspecified atom stereocenters. The summed E-state index contributed by atoms with van der Waals surface area (Å²) in [6.45, 7) is 4.27. The molecule has 1 aliphatic rings. The first kappa shape index (κ1) is 16.8. The number of aliphatic carboxylic acids is 1. The Labute approximate surface area is 120 Å². The lowest BCUT2D eigenvalue weighted by Gasteiger charge is -2.37. The highest BCUT2D eigenvalue weighted by molar-refractivity contribution is 5.78. The summed E-state index contributed by atoms with van der Waals surface area (Å²) >= 11 is 0. The predicted octanol–water partition coefficient (Wildman–Crippen LogP) is 1.75. The van der Waals surface area contributed by atoms with Gasteiger partial charge in [0.1, 0.15) is 0 Å². The molecule has 1 fully saturated rings. The van der Waals surface area contributed by atoms with E-state index in [9.17, 15) is 9.59 Å². The third-order valence-electron chi connectivity index (χ3n) is 3.74. The van der Waals surface area contributed by atoms with Gasteiger partial charge < -0.3 is 20.5 Å². The van der Waals surface area contributed by atoms with E-state index in [0.717, 1.165) is 32.3 Å². The van der Waals surface area contributed by atoms with Gasteiger partial charge in [-0.25, -0.2) is 4.79 Å². The minimum Gasteiger partial charge on any atom is -0.481 e. The number of hydrogen-bond acceptors (Lipinski definition) is 3. The molecule has 2 amide bonds. The zero-order chi connectivity index (χ0) is 14.8. The van der Waals surface area contributed by atoms with E-state index in [4.69, 9.17) is 9.84 Å². The van der Waals surface area contributed by atoms with Crippen molar-refractivity contribution in [3.8, 4) is 0 Å². The molecule has 6 nitrogen and oxygen atoms in total. The Morgan fingerprint density at radius 1 is 1.20 bits per heavy atom. The third kappa shape index (κ3) is 5.36. The largest absolute Gasteiger partial charge is 0.481 e. The fraction of sp³-hybridized carbons (Fsp3) is 0.857. The van der Waals surface area contributed by atoms with Crippen LogP contribution in [0.15, 0.2) is 0 Å². The first-order valence-corrected chi connectivity index (χ1v) is 7.43. The molecule has 0 aromatic carbocycles. The van der Waals surface area contributed by atoms with Gasteiger partial charge in [0, 0.05) is 26.3 Å². The van der Waals surface area contributed by atoms with Gasteiger partial charge in [0.05, 0.1) is 5.41 Å². The number of nitrogens with one attached hydrogen (secondary N) is 2. The molecule has 6 heteroatoms. The summed E-state index contributed by atoms with van der Waals surface area (Å²) in [5, 5.41) is 14.5. The Hall–Kier alpha value is -1.30. The molecule has 0 aromatic heterocycles. The standard InChI is InChI=1S/C14H26N2O4/c1-2-3-9-20-10-5-8-15-13(19)16-11-14(12(17)18)6-4-7-14/h2-11H2,1H3,(H,17,18)(H2,15,16,19). The fourth-order valence-corrected chi connectivity index (χ4v) is 2.11. The van der Waals surface area contributed by atoms with Crippen LogP contribution in [0.1, 0.15) is 45.4 Å². The second kappa shape index (κ2) is 8.79. The molecule has 0 heterocycles. The number of urea groups is 1. The maximum absolute atomic E-state index is 11.5. The molecule has 1 saturated carbocycles. The lowest BCUT2D eigenvalue weighted by molar-refractivity contribution is -0.153. The maximum Gasteiger partial charge on any atom is 0.314 e. The molecule has 0 spiro atoms. The van der Waals surface area contributed by atoms with Crippen LogP contribution in [-0.4, -0.2) is 43.4 Å². The van der Waals surface area contributed by atoms with Crippen molar-refractivity contribution >= 4 is 12.0 Å². The van der Waals surface area contributed by atoms with Crippen molar-refractivity contribution < 1.29 is 19.4 Å². The summed E-state index contributed by atoms with van der Waals surface area (Å²) < 4.78 is 5.38. The molecule has 1 rings (SSSR count). The molecule has 1 aliphatic carbocycles. The molecule has 3 N–H and O–H groups in total. The molecule has 0 aromatic rings. The molecule has 20 heavy (non-hydrogen) atoms. The highest BCUT2D eigenvalue weighted by Crippen LogP contribution is 2.40. The Morgan fingerprint density at radius 3 is 2.45 bits per heavy atom. The van der Waals surface area contributed by atoms with Gasteiger partial charge >= 0.3 is 12.0 Å². The van der Waals surface area contributed by atoms with Crippen LogP contribution in [0.4, 0.5) is 4.79 Å². The van der Waals surface area contributed by atoms with Gasteiger partial charge in [0.25, 0.3) is 0 Å². The van der Waals surface area contributed by atoms with Gasteiger partial charge in [0.2, 0.25) is 0 Å². The van der Waals surface area contributed by atoms with Crippen LogP contribution in [-0.2, 0) is 9.53 Å². The van der Waals surface area contributed by atoms with Crippen LogP contribution in [0, 0.1) is 5.41 Å². The van der Waals surface area contributed by atoms with Crippen molar-refractivity contribution in [3.05, 3.63) is 0 Å². The summed E-state index contributed by atoms with van der Waals surface area (Å²) in [5.74, 6) is -0.812. The van der Waals surface area contributed by atoms with Gasteiger partial charge in [-0.3, -0.25) is 4.79 Å². The van der Waals surface area contributed by atoms with Crippen LogP contribution in [0.2, 0.25) is 0 Å². The molecule has 116 valence electrons. The zero-order valence-electron chi connectivity index (χ0n) is 12.2. The van der Waals surface area contributed by atoms with Crippen molar-refractivity contribution in [2.24, 2.45) is 5.41 Å². The second-order valence-electron chi connectivity index (χ2n) is 5.37. The van der Waals surface area contributed by atoms with Crippen LogP contribution >= 0.6 is 0 Å². The van der Waals surface area contributed by atoms with Gasteiger partial charge in [0.15, 0.2) is 0 Å². The van der Waals surface area contributed by atoms with Gasteiger partial charge in [-0.2, -0.15) is 0 Å². The third-order valence-corrected chi connectivity index (χ3v) is 3.74. The van der Waals surface area contributed by atoms with Crippen molar-refractivity contribution in [1.82, 2.24) is 10.6 Å². The minimum atomic E-state index is -0.812. The highest BCUT2D eigenvalue weighted by Gasteiger charge is 2.44. The van der Waals surface area contributed by atoms with Crippen molar-refractivity contribution in [1.29, 1.82) is 0 Å². The lowest BCUT2D eigenvalue weighted by atomic mass is 9.69. The first-order chi connectivity index (χ1) is 9.60. The van der Waals surface area contributed by atoms with Crippen molar-refractivity contribution in [2.45, 2.75) is 45.4 Å². The van der Waals surface area contributed by atoms with E-state index in [1.54, 1.807) is 0 Å². The Bertz CT molecular complexity index is 316. The van der Waals surface area contributed by atoms with Crippen LogP contribution in [0.25, 0.3) is 0 Å². The molecule has 0 saturated heterocycles. The number of amides is 2. The molecule has 0 atom stereocenters. The SMILES string of the molecule is CCCCOCCCNC(=O)NCC1(C(=O)O)CCC1. The number of ether oxygens (including phenoxy) is 1. The van der Waals surface area contributed by atoms with E-state index in [2.05, 4.69) is 17.6 Å². The summed E-state index contributed by atoms with van der Waals surface area (Å²) in [4.78, 5) is 22.6. The van der Waals surface area contributed by atoms with E-state index in [1.165, 1.54) is 0 Å². The van der Waals surface area contributed by atoms with E-state index >= 15 is 0 Å². The Morgan fingerprint density at radius 2 is 1.90 bits per heavy atom. The summed E-state index contributed by atoms with van der Waals surface area (Å²) in [6, 6.07) is -0.300. The molecular weight excluding hydrogens is 260 g/mol. The number of unbranched alkanes of at least 4 members (excludes halogenated alkanes) is 1. The van der Waals surface area contributed by atoms with Crippen LogP contribution < -0.4 is 10.6 Å². The van der Waals surface area contributed by atoms with E-state index in [1.807, 2.05) is 0 Å². The summed E-state index contributed by atoms with van der Waals surface area (Å²) in [7, 11) is 0. The van der Waals surface area contributed by atoms with Crippen LogP contribution in [0.3, 0.4) is 0 Å². The predicted molar refractivity (Wildman–Crippen MR) is 75.7 cm³/mol. The van der Waals surface area contributed by atoms with Gasteiger partial charge in [-0.15, -0.1) is 0 Å². The summed E-state index contributed by atoms with van der Waals surface area (Å²) in [6.07, 6.45) is 5.16. The first-order valence-electron chi connectivity index (χ1n) is 7.43. The van der Waals surface area contributed by atoms with Crippen molar-refractivity contribution in [3.63, 3.8) is 0 Å². The number of carboxylic acids is 1. The van der Waals surface area contributed by atoms with E-state index in [0.29, 0.717) is 26.0 Å². The Balaban J connectivity index is 2.02. The average molecular weight is 286 g/mol. The minimum absolute atomic E-state index is 0.209. The number of carbonyl (C=O) groups excluding carboxylic acids is 1. The quantitative estimate of drug-likeness (QED) is 0.534. The van der Waals surface area contributed by atoms with Crippen LogP contribution in [0.5, 0.6) is 0 Å². The van der Waals surface area contributed by atoms with E-state index in [-0.39, 0.29) is 12.6 Å². The monoisotopic (exact) mass is 286 g/mol. The zero-order valence-corrected chi connectivity index (χ0v) is 12.2. The van der Waals surface area contributed by atoms with Gasteiger partial charge in [-0.1, -0.05) is 19.8 Å². The number of rotatable bonds is 10. The Kier molecular flexibility index (Phi) is 7.36. The van der Waals surface area contributed by atoms with Crippen molar-refractivity contribution in [2.75, 3.05) is 26.3 Å².